The van der Waals surface area contributed by atoms with Crippen molar-refractivity contribution in [1.82, 2.24) is 0 Å². The van der Waals surface area contributed by atoms with Gasteiger partial charge in [0.15, 0.2) is 5.92 Å². The Labute approximate surface area is 68.1 Å². The second kappa shape index (κ2) is 3.43. The smallest absolute Gasteiger partial charge is 0.400 e. The second-order valence-corrected chi connectivity index (χ2v) is 2.21. The first kappa shape index (κ1) is 12.0. The van der Waals surface area contributed by atoms with Gasteiger partial charge in [-0.25, -0.2) is 0 Å². The van der Waals surface area contributed by atoms with E-state index < -0.39 is 30.7 Å². The molecule has 0 fully saturated rings. The van der Waals surface area contributed by atoms with Gasteiger partial charge >= 0.3 is 12.4 Å². The van der Waals surface area contributed by atoms with Crippen LogP contribution in [-0.2, 0) is 4.79 Å². The van der Waals surface area contributed by atoms with Crippen LogP contribution in [0.5, 0.6) is 0 Å². The summed E-state index contributed by atoms with van der Waals surface area (Å²) in [7, 11) is 0. The molecule has 0 unspecified atom stereocenters. The van der Waals surface area contributed by atoms with Crippen LogP contribution in [0.1, 0.15) is 6.42 Å². The number of alkyl halides is 6. The van der Waals surface area contributed by atoms with Gasteiger partial charge in [0.1, 0.15) is 0 Å². The van der Waals surface area contributed by atoms with Crippen molar-refractivity contribution in [2.45, 2.75) is 18.8 Å². The molecule has 13 heavy (non-hydrogen) atoms. The molecule has 8 heteroatoms. The molecule has 0 bridgehead atoms. The van der Waals surface area contributed by atoms with Crippen molar-refractivity contribution in [3.05, 3.63) is 0 Å². The van der Waals surface area contributed by atoms with Crippen molar-refractivity contribution < 1.29 is 36.2 Å². The number of carboxylic acids is 1. The summed E-state index contributed by atoms with van der Waals surface area (Å²) in [6.45, 7) is 0. The van der Waals surface area contributed by atoms with Crippen LogP contribution in [-0.4, -0.2) is 18.3 Å². The summed E-state index contributed by atoms with van der Waals surface area (Å²) in [5.74, 6) is -6.25. The van der Waals surface area contributed by atoms with Crippen molar-refractivity contribution >= 4 is 5.97 Å². The molecule has 0 aromatic heterocycles. The van der Waals surface area contributed by atoms with Gasteiger partial charge in [0.25, 0.3) is 0 Å². The van der Waals surface area contributed by atoms with Crippen LogP contribution in [0.25, 0.3) is 0 Å². The monoisotopic (exact) mass is 209 g/mol. The Morgan fingerprint density at radius 3 is 1.46 bits per heavy atom. The third-order valence-corrected chi connectivity index (χ3v) is 1.16. The van der Waals surface area contributed by atoms with Crippen molar-refractivity contribution in [1.29, 1.82) is 0 Å². The summed E-state index contributed by atoms with van der Waals surface area (Å²) >= 11 is 0. The van der Waals surface area contributed by atoms with Crippen LogP contribution in [0.2, 0.25) is 0 Å². The molecule has 2 nitrogen and oxygen atoms in total. The van der Waals surface area contributed by atoms with Crippen molar-refractivity contribution in [2.24, 2.45) is 5.92 Å². The fraction of sp³-hybridized carbons (Fsp3) is 0.800. The summed E-state index contributed by atoms with van der Waals surface area (Å²) in [5, 5.41) is 9.59. The van der Waals surface area contributed by atoms with Gasteiger partial charge in [-0.05, 0) is 0 Å². The molecule has 0 aromatic rings. The molecule has 0 rings (SSSR count). The molecule has 0 heterocycles. The van der Waals surface area contributed by atoms with Gasteiger partial charge in [0.2, 0.25) is 0 Å². The number of aliphatic carboxylic acids is 1. The molecule has 0 aromatic carbocycles. The summed E-state index contributed by atoms with van der Waals surface area (Å²) < 4.78 is 69.4. The Morgan fingerprint density at radius 2 is 1.38 bits per heavy atom. The SMILES string of the molecule is O=C([O-])CC(C(F)(F)F)C(F)(F)F. The lowest BCUT2D eigenvalue weighted by Gasteiger charge is -2.22. The van der Waals surface area contributed by atoms with Gasteiger partial charge in [-0.2, -0.15) is 26.3 Å². The Kier molecular flexibility index (Phi) is 3.18. The van der Waals surface area contributed by atoms with Crippen molar-refractivity contribution in [3.63, 3.8) is 0 Å². The van der Waals surface area contributed by atoms with Crippen LogP contribution < -0.4 is 5.11 Å². The van der Waals surface area contributed by atoms with E-state index in [9.17, 15) is 36.2 Å². The Balaban J connectivity index is 4.68. The Bertz CT molecular complexity index is 178. The quantitative estimate of drug-likeness (QED) is 0.633. The number of halogens is 6. The third kappa shape index (κ3) is 4.00. The van der Waals surface area contributed by atoms with Crippen LogP contribution in [0.4, 0.5) is 26.3 Å². The number of hydrogen-bond acceptors (Lipinski definition) is 2. The molecule has 0 N–H and O–H groups in total. The molecular weight excluding hydrogens is 206 g/mol. The maximum absolute atomic E-state index is 11.6. The first-order valence-electron chi connectivity index (χ1n) is 2.88. The molecule has 0 atom stereocenters. The van der Waals surface area contributed by atoms with Gasteiger partial charge in [-0.1, -0.05) is 0 Å². The topological polar surface area (TPSA) is 40.1 Å². The second-order valence-electron chi connectivity index (χ2n) is 2.21. The first-order chi connectivity index (χ1) is 5.55. The largest absolute Gasteiger partial charge is 0.550 e. The molecule has 0 saturated heterocycles. The van der Waals surface area contributed by atoms with E-state index in [-0.39, 0.29) is 0 Å². The molecule has 78 valence electrons. The molecule has 0 aliphatic rings. The highest BCUT2D eigenvalue weighted by atomic mass is 19.4. The van der Waals surface area contributed by atoms with E-state index in [1.807, 2.05) is 0 Å². The average molecular weight is 209 g/mol. The van der Waals surface area contributed by atoms with Crippen LogP contribution in [0.15, 0.2) is 0 Å². The lowest BCUT2D eigenvalue weighted by Crippen LogP contribution is -2.41. The summed E-state index contributed by atoms with van der Waals surface area (Å²) in [5.41, 5.74) is 0. The minimum absolute atomic E-state index is 2.10. The predicted octanol–water partition coefficient (Wildman–Crippen LogP) is 0.867. The van der Waals surface area contributed by atoms with E-state index in [1.165, 1.54) is 0 Å². The maximum Gasteiger partial charge on any atom is 0.400 e. The molecular formula is C5H3F6O2-. The van der Waals surface area contributed by atoms with Gasteiger partial charge in [0, 0.05) is 12.4 Å². The summed E-state index contributed by atoms with van der Waals surface area (Å²) in [6, 6.07) is 0. The number of carboxylic acid groups (broad SMARTS) is 1. The lowest BCUT2D eigenvalue weighted by atomic mass is 10.1. The summed E-state index contributed by atoms with van der Waals surface area (Å²) in [6.07, 6.45) is -13.3. The van der Waals surface area contributed by atoms with E-state index in [2.05, 4.69) is 0 Å². The van der Waals surface area contributed by atoms with Gasteiger partial charge < -0.3 is 9.90 Å². The average Bonchev–Trinajstić information content (AvgIpc) is 1.77. The van der Waals surface area contributed by atoms with Crippen LogP contribution in [0.3, 0.4) is 0 Å². The van der Waals surface area contributed by atoms with Gasteiger partial charge in [0.05, 0.1) is 0 Å². The van der Waals surface area contributed by atoms with Crippen molar-refractivity contribution in [3.8, 4) is 0 Å². The van der Waals surface area contributed by atoms with E-state index in [0.29, 0.717) is 0 Å². The molecule has 0 radical (unpaired) electrons. The highest BCUT2D eigenvalue weighted by molar-refractivity contribution is 5.64. The Morgan fingerprint density at radius 1 is 1.08 bits per heavy atom. The van der Waals surface area contributed by atoms with Crippen molar-refractivity contribution in [2.75, 3.05) is 0 Å². The number of carbonyl (C=O) groups excluding carboxylic acids is 1. The molecule has 0 amide bonds. The number of carbonyl (C=O) groups is 1. The van der Waals surface area contributed by atoms with E-state index >= 15 is 0 Å². The first-order valence-corrected chi connectivity index (χ1v) is 2.88. The van der Waals surface area contributed by atoms with E-state index in [1.54, 1.807) is 0 Å². The Hall–Kier alpha value is -0.950. The number of hydrogen-bond donors (Lipinski definition) is 0. The zero-order valence-corrected chi connectivity index (χ0v) is 5.87. The normalized spacial score (nSPS) is 13.5. The van der Waals surface area contributed by atoms with E-state index in [0.717, 1.165) is 0 Å². The molecule has 0 aliphatic carbocycles. The minimum atomic E-state index is -5.61. The van der Waals surface area contributed by atoms with E-state index in [4.69, 9.17) is 0 Å². The van der Waals surface area contributed by atoms with Gasteiger partial charge in [-0.15, -0.1) is 0 Å². The number of rotatable bonds is 2. The highest BCUT2D eigenvalue weighted by Crippen LogP contribution is 2.40. The molecule has 0 saturated carbocycles. The zero-order chi connectivity index (χ0) is 10.9. The zero-order valence-electron chi connectivity index (χ0n) is 5.87. The molecule has 0 aliphatic heterocycles. The lowest BCUT2D eigenvalue weighted by molar-refractivity contribution is -0.326. The van der Waals surface area contributed by atoms with Crippen LogP contribution >= 0.6 is 0 Å². The predicted molar refractivity (Wildman–Crippen MR) is 25.2 cm³/mol. The third-order valence-electron chi connectivity index (χ3n) is 1.16. The maximum atomic E-state index is 11.6. The fourth-order valence-electron chi connectivity index (χ4n) is 0.584. The summed E-state index contributed by atoms with van der Waals surface area (Å²) in [4.78, 5) is 9.59. The standard InChI is InChI=1S/C5H4F6O2/c6-4(7,8)2(1-3(12)13)5(9,10)11/h2H,1H2,(H,12,13)/p-1. The van der Waals surface area contributed by atoms with Crippen LogP contribution in [0, 0.1) is 5.92 Å². The van der Waals surface area contributed by atoms with Gasteiger partial charge in [-0.3, -0.25) is 0 Å². The molecule has 0 spiro atoms. The fourth-order valence-corrected chi connectivity index (χ4v) is 0.584. The highest BCUT2D eigenvalue weighted by Gasteiger charge is 2.56. The minimum Gasteiger partial charge on any atom is -0.550 e.